The number of hydrogen-bond donors (Lipinski definition) is 4. The van der Waals surface area contributed by atoms with Crippen LogP contribution in [0.4, 0.5) is 0 Å². The lowest BCUT2D eigenvalue weighted by Crippen LogP contribution is -2.01. The van der Waals surface area contributed by atoms with E-state index in [1.165, 1.54) is 0 Å². The minimum Gasteiger partial charge on any atom is -0.508 e. The second kappa shape index (κ2) is 3.35. The third-order valence-electron chi connectivity index (χ3n) is 1.49. The largest absolute Gasteiger partial charge is 0.508 e. The molecule has 0 aromatic heterocycles. The summed E-state index contributed by atoms with van der Waals surface area (Å²) < 4.78 is 29.4. The maximum absolute atomic E-state index is 10.5. The Morgan fingerprint density at radius 3 is 2.21 bits per heavy atom. The van der Waals surface area contributed by atoms with Crippen LogP contribution >= 0.6 is 0 Å². The van der Waals surface area contributed by atoms with E-state index in [-0.39, 0.29) is 5.56 Å². The third-order valence-corrected chi connectivity index (χ3v) is 2.17. The quantitative estimate of drug-likeness (QED) is 0.321. The minimum absolute atomic E-state index is 0.273. The topological polar surface area (TPSA) is 115 Å². The van der Waals surface area contributed by atoms with E-state index >= 15 is 0 Å². The lowest BCUT2D eigenvalue weighted by molar-refractivity contribution is 0.392. The highest BCUT2D eigenvalue weighted by Gasteiger charge is 2.14. The summed E-state index contributed by atoms with van der Waals surface area (Å²) in [5.41, 5.74) is -0.273. The van der Waals surface area contributed by atoms with Crippen LogP contribution in [0.25, 0.3) is 0 Å². The van der Waals surface area contributed by atoms with Gasteiger partial charge in [-0.25, -0.2) is 0 Å². The molecule has 0 unspecified atom stereocenters. The average molecular weight is 220 g/mol. The lowest BCUT2D eigenvalue weighted by Gasteiger charge is -2.05. The predicted molar refractivity (Wildman–Crippen MR) is 46.7 cm³/mol. The Kier molecular flexibility index (Phi) is 2.54. The molecular formula is C7H8O6S. The van der Waals surface area contributed by atoms with Crippen LogP contribution in [-0.2, 0) is 15.9 Å². The zero-order valence-electron chi connectivity index (χ0n) is 6.88. The molecule has 0 aliphatic heterocycles. The van der Waals surface area contributed by atoms with Gasteiger partial charge in [0.15, 0.2) is 11.5 Å². The standard InChI is InChI=1S/C7H8O6S/c8-5-1-4(3-14(11,12)13)7(10)6(9)2-5/h1-2,8-10H,3H2,(H,11,12,13). The van der Waals surface area contributed by atoms with E-state index in [1.807, 2.05) is 0 Å². The van der Waals surface area contributed by atoms with Gasteiger partial charge in [-0.1, -0.05) is 0 Å². The van der Waals surface area contributed by atoms with Crippen molar-refractivity contribution in [3.05, 3.63) is 17.7 Å². The van der Waals surface area contributed by atoms with E-state index in [1.54, 1.807) is 0 Å². The van der Waals surface area contributed by atoms with Gasteiger partial charge < -0.3 is 15.3 Å². The molecule has 0 heterocycles. The first-order chi connectivity index (χ1) is 6.29. The van der Waals surface area contributed by atoms with Gasteiger partial charge in [0.2, 0.25) is 0 Å². The van der Waals surface area contributed by atoms with Crippen LogP contribution in [0.3, 0.4) is 0 Å². The predicted octanol–water partition coefficient (Wildman–Crippen LogP) is 0.191. The molecule has 6 nitrogen and oxygen atoms in total. The van der Waals surface area contributed by atoms with Crippen LogP contribution in [0, 0.1) is 0 Å². The highest BCUT2D eigenvalue weighted by molar-refractivity contribution is 7.85. The van der Waals surface area contributed by atoms with E-state index in [2.05, 4.69) is 0 Å². The van der Waals surface area contributed by atoms with Crippen molar-refractivity contribution in [3.8, 4) is 17.2 Å². The molecule has 7 heteroatoms. The first-order valence-corrected chi connectivity index (χ1v) is 5.09. The molecule has 0 atom stereocenters. The molecule has 1 aromatic rings. The summed E-state index contributed by atoms with van der Waals surface area (Å²) in [7, 11) is -4.32. The number of phenols is 3. The number of aromatic hydroxyl groups is 3. The van der Waals surface area contributed by atoms with Gasteiger partial charge >= 0.3 is 0 Å². The second-order valence-electron chi connectivity index (χ2n) is 2.70. The lowest BCUT2D eigenvalue weighted by atomic mass is 10.2. The maximum Gasteiger partial charge on any atom is 0.269 e. The molecule has 0 bridgehead atoms. The van der Waals surface area contributed by atoms with Gasteiger partial charge in [-0.3, -0.25) is 4.55 Å². The zero-order valence-corrected chi connectivity index (χ0v) is 7.69. The fourth-order valence-electron chi connectivity index (χ4n) is 0.968. The van der Waals surface area contributed by atoms with Crippen LogP contribution in [0.15, 0.2) is 12.1 Å². The van der Waals surface area contributed by atoms with Crippen molar-refractivity contribution in [2.24, 2.45) is 0 Å². The van der Waals surface area contributed by atoms with E-state index in [0.717, 1.165) is 12.1 Å². The molecule has 0 saturated heterocycles. The molecule has 0 aliphatic rings. The molecule has 14 heavy (non-hydrogen) atoms. The van der Waals surface area contributed by atoms with E-state index in [9.17, 15) is 8.42 Å². The van der Waals surface area contributed by atoms with Gasteiger partial charge in [0.25, 0.3) is 10.1 Å². The van der Waals surface area contributed by atoms with Crippen LogP contribution in [-0.4, -0.2) is 28.3 Å². The highest BCUT2D eigenvalue weighted by atomic mass is 32.2. The molecular weight excluding hydrogens is 212 g/mol. The van der Waals surface area contributed by atoms with E-state index in [4.69, 9.17) is 19.9 Å². The average Bonchev–Trinajstić information content (AvgIpc) is 1.96. The fourth-order valence-corrected chi connectivity index (χ4v) is 1.58. The Labute approximate surface area is 79.8 Å². The SMILES string of the molecule is O=S(=O)(O)Cc1cc(O)cc(O)c1O. The van der Waals surface area contributed by atoms with Crippen LogP contribution in [0.1, 0.15) is 5.56 Å². The third kappa shape index (κ3) is 2.51. The van der Waals surface area contributed by atoms with Crippen LogP contribution in [0.2, 0.25) is 0 Å². The summed E-state index contributed by atoms with van der Waals surface area (Å²) in [6, 6.07) is 1.78. The smallest absolute Gasteiger partial charge is 0.269 e. The van der Waals surface area contributed by atoms with Crippen molar-refractivity contribution in [1.29, 1.82) is 0 Å². The van der Waals surface area contributed by atoms with Crippen molar-refractivity contribution in [2.75, 3.05) is 0 Å². The Morgan fingerprint density at radius 2 is 1.71 bits per heavy atom. The monoisotopic (exact) mass is 220 g/mol. The number of rotatable bonds is 2. The molecule has 0 aliphatic carbocycles. The molecule has 0 radical (unpaired) electrons. The van der Waals surface area contributed by atoms with Gasteiger partial charge in [0.1, 0.15) is 11.5 Å². The Hall–Kier alpha value is -1.47. The Morgan fingerprint density at radius 1 is 1.14 bits per heavy atom. The summed E-state index contributed by atoms with van der Waals surface area (Å²) in [5, 5.41) is 27.1. The van der Waals surface area contributed by atoms with Crippen molar-refractivity contribution < 1.29 is 28.3 Å². The van der Waals surface area contributed by atoms with Gasteiger partial charge in [-0.05, 0) is 6.07 Å². The van der Waals surface area contributed by atoms with Crippen molar-refractivity contribution in [1.82, 2.24) is 0 Å². The van der Waals surface area contributed by atoms with Crippen molar-refractivity contribution in [2.45, 2.75) is 5.75 Å². The van der Waals surface area contributed by atoms with Gasteiger partial charge in [0, 0.05) is 11.6 Å². The summed E-state index contributed by atoms with van der Waals surface area (Å²) in [4.78, 5) is 0. The molecule has 0 amide bonds. The number of benzene rings is 1. The fraction of sp³-hybridized carbons (Fsp3) is 0.143. The zero-order chi connectivity index (χ0) is 10.9. The molecule has 1 aromatic carbocycles. The number of hydrogen-bond acceptors (Lipinski definition) is 5. The number of phenolic OH excluding ortho intramolecular Hbond substituents is 3. The minimum atomic E-state index is -4.32. The van der Waals surface area contributed by atoms with Crippen molar-refractivity contribution in [3.63, 3.8) is 0 Å². The summed E-state index contributed by atoms with van der Waals surface area (Å²) in [6.07, 6.45) is 0. The van der Waals surface area contributed by atoms with Crippen LogP contribution < -0.4 is 0 Å². The molecule has 4 N–H and O–H groups in total. The van der Waals surface area contributed by atoms with Crippen LogP contribution in [0.5, 0.6) is 17.2 Å². The molecule has 0 spiro atoms. The molecule has 78 valence electrons. The van der Waals surface area contributed by atoms with Gasteiger partial charge in [-0.2, -0.15) is 8.42 Å². The Bertz CT molecular complexity index is 449. The molecule has 0 saturated carbocycles. The normalized spacial score (nSPS) is 11.5. The molecule has 1 rings (SSSR count). The van der Waals surface area contributed by atoms with Gasteiger partial charge in [-0.15, -0.1) is 0 Å². The Balaban J connectivity index is 3.22. The van der Waals surface area contributed by atoms with Gasteiger partial charge in [0.05, 0.1) is 0 Å². The highest BCUT2D eigenvalue weighted by Crippen LogP contribution is 2.33. The summed E-state index contributed by atoms with van der Waals surface area (Å²) in [5.74, 6) is -2.61. The first-order valence-electron chi connectivity index (χ1n) is 3.48. The van der Waals surface area contributed by atoms with E-state index in [0.29, 0.717) is 0 Å². The molecule has 0 fully saturated rings. The van der Waals surface area contributed by atoms with Crippen molar-refractivity contribution >= 4 is 10.1 Å². The summed E-state index contributed by atoms with van der Waals surface area (Å²) in [6.45, 7) is 0. The maximum atomic E-state index is 10.5. The summed E-state index contributed by atoms with van der Waals surface area (Å²) >= 11 is 0. The van der Waals surface area contributed by atoms with E-state index < -0.39 is 33.1 Å². The second-order valence-corrected chi connectivity index (χ2v) is 4.15. The first kappa shape index (κ1) is 10.6.